The summed E-state index contributed by atoms with van der Waals surface area (Å²) < 4.78 is 0. The van der Waals surface area contributed by atoms with Crippen molar-refractivity contribution in [2.24, 2.45) is 11.8 Å². The molecule has 0 spiro atoms. The van der Waals surface area contributed by atoms with Gasteiger partial charge in [-0.3, -0.25) is 24.0 Å². The van der Waals surface area contributed by atoms with E-state index in [1.54, 1.807) is 39.0 Å². The monoisotopic (exact) mass is 611 g/mol. The molecule has 42 heavy (non-hydrogen) atoms. The first kappa shape index (κ1) is 31.4. The summed E-state index contributed by atoms with van der Waals surface area (Å²) in [5.74, 6) is -3.77. The number of aromatic amines is 1. The van der Waals surface area contributed by atoms with Gasteiger partial charge in [0, 0.05) is 46.1 Å². The summed E-state index contributed by atoms with van der Waals surface area (Å²) in [6.45, 7) is 5.25. The number of benzene rings is 2. The predicted molar refractivity (Wildman–Crippen MR) is 163 cm³/mol. The van der Waals surface area contributed by atoms with Crippen LogP contribution in [-0.2, 0) is 25.6 Å². The predicted octanol–water partition coefficient (Wildman–Crippen LogP) is 5.63. The minimum absolute atomic E-state index is 0.0202. The average molecular weight is 613 g/mol. The van der Waals surface area contributed by atoms with Gasteiger partial charge in [0.2, 0.25) is 11.7 Å². The van der Waals surface area contributed by atoms with Crippen LogP contribution in [0.3, 0.4) is 0 Å². The van der Waals surface area contributed by atoms with Crippen molar-refractivity contribution in [3.8, 4) is 0 Å². The summed E-state index contributed by atoms with van der Waals surface area (Å²) in [6.07, 6.45) is 1.81. The standard InChI is InChI=1S/C32H35Cl2N3O5/c1-32(2,3)37-31(42)29(40)26(13-19-10-7-11-27(19)38)36-30(41)20(12-18-8-5-4-6-9-18)14-28(39)25-17-22-23(34)15-21(33)16-24(22)35-25/h4-6,8-9,15-17,19-20,26,35H,7,10-14H2,1-3H3,(H,36,41)(H,37,42)/t19-,20+,26-/m0/s1. The van der Waals surface area contributed by atoms with Crippen molar-refractivity contribution in [2.45, 2.75) is 70.9 Å². The molecule has 3 aromatic rings. The van der Waals surface area contributed by atoms with E-state index < -0.39 is 41.0 Å². The molecule has 10 heteroatoms. The maximum Gasteiger partial charge on any atom is 0.290 e. The Kier molecular flexibility index (Phi) is 9.89. The molecule has 1 heterocycles. The lowest BCUT2D eigenvalue weighted by Crippen LogP contribution is -2.53. The number of hydrogen-bond acceptors (Lipinski definition) is 5. The smallest absolute Gasteiger partial charge is 0.290 e. The highest BCUT2D eigenvalue weighted by molar-refractivity contribution is 6.39. The fourth-order valence-corrected chi connectivity index (χ4v) is 5.85. The molecule has 0 bridgehead atoms. The Hall–Kier alpha value is -3.49. The van der Waals surface area contributed by atoms with Gasteiger partial charge >= 0.3 is 0 Å². The number of nitrogens with one attached hydrogen (secondary N) is 3. The second-order valence-corrected chi connectivity index (χ2v) is 12.8. The Bertz CT molecular complexity index is 1510. The molecule has 3 atom stereocenters. The molecule has 1 saturated carbocycles. The molecule has 3 N–H and O–H groups in total. The van der Waals surface area contributed by atoms with Crippen LogP contribution < -0.4 is 10.6 Å². The number of rotatable bonds is 11. The zero-order chi connectivity index (χ0) is 30.6. The Morgan fingerprint density at radius 3 is 2.40 bits per heavy atom. The molecular formula is C32H35Cl2N3O5. The van der Waals surface area contributed by atoms with E-state index in [0.29, 0.717) is 40.2 Å². The molecule has 2 amide bonds. The van der Waals surface area contributed by atoms with Gasteiger partial charge in [0.15, 0.2) is 5.78 Å². The fraction of sp³-hybridized carbons (Fsp3) is 0.406. The first-order chi connectivity index (χ1) is 19.8. The third-order valence-corrected chi connectivity index (χ3v) is 7.91. The number of H-pyrrole nitrogens is 1. The second kappa shape index (κ2) is 13.2. The van der Waals surface area contributed by atoms with Gasteiger partial charge in [-0.25, -0.2) is 0 Å². The van der Waals surface area contributed by atoms with Gasteiger partial charge in [-0.05, 0) is 70.2 Å². The maximum atomic E-state index is 13.8. The maximum absolute atomic E-state index is 13.8. The number of hydrogen-bond donors (Lipinski definition) is 3. The van der Waals surface area contributed by atoms with Crippen LogP contribution in [0.5, 0.6) is 0 Å². The number of Topliss-reactive ketones (excluding diaryl/α,β-unsaturated/α-hetero) is 3. The van der Waals surface area contributed by atoms with Crippen LogP contribution in [0.15, 0.2) is 48.5 Å². The Labute approximate surface area is 254 Å². The number of ketones is 3. The highest BCUT2D eigenvalue weighted by atomic mass is 35.5. The first-order valence-electron chi connectivity index (χ1n) is 14.0. The van der Waals surface area contributed by atoms with Gasteiger partial charge in [-0.2, -0.15) is 0 Å². The molecule has 0 aliphatic heterocycles. The fourth-order valence-electron chi connectivity index (χ4n) is 5.30. The molecule has 0 unspecified atom stereocenters. The third-order valence-electron chi connectivity index (χ3n) is 7.38. The van der Waals surface area contributed by atoms with Gasteiger partial charge in [0.25, 0.3) is 5.91 Å². The van der Waals surface area contributed by atoms with Crippen LogP contribution in [0, 0.1) is 11.8 Å². The van der Waals surface area contributed by atoms with Crippen LogP contribution in [-0.4, -0.2) is 45.7 Å². The van der Waals surface area contributed by atoms with E-state index in [-0.39, 0.29) is 36.5 Å². The van der Waals surface area contributed by atoms with Gasteiger partial charge < -0.3 is 15.6 Å². The van der Waals surface area contributed by atoms with Gasteiger partial charge in [-0.1, -0.05) is 53.5 Å². The molecular weight excluding hydrogens is 577 g/mol. The van der Waals surface area contributed by atoms with Gasteiger partial charge in [-0.15, -0.1) is 0 Å². The molecule has 1 aromatic heterocycles. The van der Waals surface area contributed by atoms with E-state index in [2.05, 4.69) is 15.6 Å². The molecule has 1 aliphatic rings. The zero-order valence-electron chi connectivity index (χ0n) is 23.9. The molecule has 0 radical (unpaired) electrons. The van der Waals surface area contributed by atoms with Crippen molar-refractivity contribution < 1.29 is 24.0 Å². The molecule has 2 aromatic carbocycles. The summed E-state index contributed by atoms with van der Waals surface area (Å²) in [5.41, 5.74) is 1.03. The van der Waals surface area contributed by atoms with Crippen molar-refractivity contribution in [1.82, 2.24) is 15.6 Å². The van der Waals surface area contributed by atoms with Crippen LogP contribution >= 0.6 is 23.2 Å². The summed E-state index contributed by atoms with van der Waals surface area (Å²) in [6, 6.07) is 12.9. The largest absolute Gasteiger partial charge is 0.352 e. The van der Waals surface area contributed by atoms with Gasteiger partial charge in [0.05, 0.1) is 16.8 Å². The minimum atomic E-state index is -1.20. The Morgan fingerprint density at radius 2 is 1.76 bits per heavy atom. The molecule has 0 saturated heterocycles. The number of carbonyl (C=O) groups excluding carboxylic acids is 5. The Balaban J connectivity index is 1.59. The summed E-state index contributed by atoms with van der Waals surface area (Å²) in [7, 11) is 0. The number of halogens is 2. The lowest BCUT2D eigenvalue weighted by Gasteiger charge is -2.25. The minimum Gasteiger partial charge on any atom is -0.352 e. The summed E-state index contributed by atoms with van der Waals surface area (Å²) >= 11 is 12.4. The number of amides is 2. The van der Waals surface area contributed by atoms with Crippen LogP contribution in [0.4, 0.5) is 0 Å². The molecule has 8 nitrogen and oxygen atoms in total. The molecule has 1 fully saturated rings. The van der Waals surface area contributed by atoms with Crippen molar-refractivity contribution in [3.63, 3.8) is 0 Å². The lowest BCUT2D eigenvalue weighted by molar-refractivity contribution is -0.141. The summed E-state index contributed by atoms with van der Waals surface area (Å²) in [5, 5.41) is 6.84. The van der Waals surface area contributed by atoms with E-state index >= 15 is 0 Å². The van der Waals surface area contributed by atoms with Crippen molar-refractivity contribution in [2.75, 3.05) is 0 Å². The van der Waals surface area contributed by atoms with E-state index in [9.17, 15) is 24.0 Å². The number of fused-ring (bicyclic) bond motifs is 1. The second-order valence-electron chi connectivity index (χ2n) is 12.0. The van der Waals surface area contributed by atoms with Gasteiger partial charge in [0.1, 0.15) is 5.78 Å². The van der Waals surface area contributed by atoms with Crippen molar-refractivity contribution >= 4 is 63.3 Å². The Morgan fingerprint density at radius 1 is 1.05 bits per heavy atom. The van der Waals surface area contributed by atoms with Crippen LogP contribution in [0.2, 0.25) is 10.0 Å². The van der Waals surface area contributed by atoms with Crippen molar-refractivity contribution in [1.29, 1.82) is 0 Å². The molecule has 4 rings (SSSR count). The SMILES string of the molecule is CC(C)(C)NC(=O)C(=O)[C@H](C[C@@H]1CCCC1=O)NC(=O)[C@@H](CC(=O)c1cc2c(Cl)cc(Cl)cc2[nH]1)Cc1ccccc1. The van der Waals surface area contributed by atoms with Crippen LogP contribution in [0.25, 0.3) is 10.9 Å². The average Bonchev–Trinajstić information content (AvgIpc) is 3.53. The normalized spacial score (nSPS) is 16.7. The van der Waals surface area contributed by atoms with Crippen molar-refractivity contribution in [3.05, 3.63) is 69.8 Å². The molecule has 222 valence electrons. The third kappa shape index (κ3) is 8.07. The highest BCUT2D eigenvalue weighted by Crippen LogP contribution is 2.30. The number of aromatic nitrogens is 1. The highest BCUT2D eigenvalue weighted by Gasteiger charge is 2.36. The quantitative estimate of drug-likeness (QED) is 0.191. The summed E-state index contributed by atoms with van der Waals surface area (Å²) in [4.78, 5) is 68.8. The van der Waals surface area contributed by atoms with Crippen LogP contribution in [0.1, 0.15) is 68.9 Å². The lowest BCUT2D eigenvalue weighted by atomic mass is 9.90. The van der Waals surface area contributed by atoms with E-state index in [4.69, 9.17) is 23.2 Å². The molecule has 1 aliphatic carbocycles. The first-order valence-corrected chi connectivity index (χ1v) is 14.8. The topological polar surface area (TPSA) is 125 Å². The van der Waals surface area contributed by atoms with E-state index in [1.807, 2.05) is 30.3 Å². The zero-order valence-corrected chi connectivity index (χ0v) is 25.4. The van der Waals surface area contributed by atoms with E-state index in [1.165, 1.54) is 0 Å². The number of carbonyl (C=O) groups is 5. The van der Waals surface area contributed by atoms with E-state index in [0.717, 1.165) is 5.56 Å².